The molecule has 0 aliphatic carbocycles. The Labute approximate surface area is 351 Å². The topological polar surface area (TPSA) is 124 Å². The van der Waals surface area contributed by atoms with Crippen molar-refractivity contribution < 1.29 is 35.7 Å². The molecule has 17 heteroatoms. The number of benzene rings is 5. The maximum Gasteiger partial charge on any atom is 0.501 e. The number of hydrogen-bond acceptors (Lipinski definition) is 8. The maximum absolute atomic E-state index is 13.7. The van der Waals surface area contributed by atoms with Gasteiger partial charge >= 0.3 is 11.5 Å². The maximum atomic E-state index is 13.7. The minimum atomic E-state index is -5.79. The van der Waals surface area contributed by atoms with Gasteiger partial charge in [-0.1, -0.05) is 54.1 Å². The molecule has 1 atom stereocenters. The van der Waals surface area contributed by atoms with Gasteiger partial charge in [0.05, 0.1) is 21.8 Å². The van der Waals surface area contributed by atoms with Crippen LogP contribution in [0.15, 0.2) is 136 Å². The van der Waals surface area contributed by atoms with E-state index in [1.807, 2.05) is 60.1 Å². The van der Waals surface area contributed by atoms with Gasteiger partial charge in [0, 0.05) is 71.5 Å². The fourth-order valence-electron chi connectivity index (χ4n) is 6.93. The fourth-order valence-corrected chi connectivity index (χ4v) is 9.72. The predicted molar refractivity (Wildman–Crippen MR) is 229 cm³/mol. The highest BCUT2D eigenvalue weighted by Gasteiger charge is 2.48. The molecule has 0 amide bonds. The first kappa shape index (κ1) is 41.7. The highest BCUT2D eigenvalue weighted by molar-refractivity contribution is 8.00. The molecule has 7 rings (SSSR count). The summed E-state index contributed by atoms with van der Waals surface area (Å²) >= 11 is 7.11. The van der Waals surface area contributed by atoms with Crippen molar-refractivity contribution in [2.24, 2.45) is 7.05 Å². The number of nitrogens with one attached hydrogen (secondary N) is 2. The van der Waals surface area contributed by atoms with Gasteiger partial charge in [-0.25, -0.2) is 17.4 Å². The van der Waals surface area contributed by atoms with Gasteiger partial charge in [0.2, 0.25) is 0 Å². The molecule has 10 nitrogen and oxygen atoms in total. The summed E-state index contributed by atoms with van der Waals surface area (Å²) < 4.78 is 86.9. The van der Waals surface area contributed by atoms with Crippen LogP contribution in [0.1, 0.15) is 16.1 Å². The number of anilines is 4. The summed E-state index contributed by atoms with van der Waals surface area (Å²) in [4.78, 5) is 16.5. The van der Waals surface area contributed by atoms with E-state index in [1.165, 1.54) is 6.07 Å². The summed E-state index contributed by atoms with van der Waals surface area (Å²) in [6.07, 6.45) is 0. The van der Waals surface area contributed by atoms with Crippen molar-refractivity contribution in [3.8, 4) is 22.4 Å². The summed E-state index contributed by atoms with van der Waals surface area (Å²) in [6, 6.07) is 34.2. The molecule has 1 aromatic heterocycles. The lowest BCUT2D eigenvalue weighted by Crippen LogP contribution is -2.46. The van der Waals surface area contributed by atoms with Crippen LogP contribution >= 0.6 is 23.5 Å². The average molecular weight is 880 g/mol. The Hall–Kier alpha value is -5.42. The SMILES string of the molecule is Cc1c(C(=O)O)c(-c2cccc(N3CCN(c4ccc(NS(=O)c5ccc(NSc6ccccc6)c(S(=O)(=O)C(F)(F)F)c5)cc4)CC3)c2)c(-c2ccc(Cl)cc2)n1C. The van der Waals surface area contributed by atoms with E-state index in [0.717, 1.165) is 52.3 Å². The van der Waals surface area contributed by atoms with E-state index >= 15 is 0 Å². The number of aromatic nitrogens is 1. The van der Waals surface area contributed by atoms with E-state index in [2.05, 4.69) is 19.2 Å². The highest BCUT2D eigenvalue weighted by Crippen LogP contribution is 2.41. The number of alkyl halides is 3. The summed E-state index contributed by atoms with van der Waals surface area (Å²) in [7, 11) is -6.03. The summed E-state index contributed by atoms with van der Waals surface area (Å²) in [5.74, 6) is -1.01. The lowest BCUT2D eigenvalue weighted by molar-refractivity contribution is -0.0435. The molecule has 1 aliphatic rings. The van der Waals surface area contributed by atoms with Crippen LogP contribution in [0.5, 0.6) is 0 Å². The number of nitrogens with zero attached hydrogens (tertiary/aromatic N) is 3. The van der Waals surface area contributed by atoms with Crippen LogP contribution in [-0.2, 0) is 27.9 Å². The van der Waals surface area contributed by atoms with Gasteiger partial charge in [0.15, 0.2) is 0 Å². The lowest BCUT2D eigenvalue weighted by atomic mass is 9.96. The monoisotopic (exact) mass is 879 g/mol. The number of rotatable bonds is 12. The third kappa shape index (κ3) is 8.81. The van der Waals surface area contributed by atoms with Crippen LogP contribution in [0, 0.1) is 6.92 Å². The largest absolute Gasteiger partial charge is 0.501 e. The summed E-state index contributed by atoms with van der Waals surface area (Å²) in [6.45, 7) is 4.49. The van der Waals surface area contributed by atoms with Crippen LogP contribution in [0.2, 0.25) is 5.02 Å². The Morgan fingerprint density at radius 1 is 0.814 bits per heavy atom. The lowest BCUT2D eigenvalue weighted by Gasteiger charge is -2.37. The van der Waals surface area contributed by atoms with Crippen molar-refractivity contribution in [2.45, 2.75) is 27.1 Å². The molecule has 1 fully saturated rings. The van der Waals surface area contributed by atoms with E-state index in [9.17, 15) is 35.7 Å². The normalized spacial score (nSPS) is 13.9. The fraction of sp³-hybridized carbons (Fsp3) is 0.167. The molecule has 1 saturated heterocycles. The molecular formula is C42H37ClF3N5O5S3. The highest BCUT2D eigenvalue weighted by atomic mass is 35.5. The van der Waals surface area contributed by atoms with Crippen molar-refractivity contribution in [1.29, 1.82) is 0 Å². The van der Waals surface area contributed by atoms with E-state index < -0.39 is 37.2 Å². The van der Waals surface area contributed by atoms with E-state index in [-0.39, 0.29) is 16.1 Å². The van der Waals surface area contributed by atoms with Crippen LogP contribution in [0.4, 0.5) is 35.9 Å². The zero-order valence-electron chi connectivity index (χ0n) is 31.5. The number of carboxylic acid groups (broad SMARTS) is 1. The number of carbonyl (C=O) groups is 1. The summed E-state index contributed by atoms with van der Waals surface area (Å²) in [5, 5.41) is 10.9. The van der Waals surface area contributed by atoms with E-state index in [1.54, 1.807) is 61.5 Å². The van der Waals surface area contributed by atoms with E-state index in [4.69, 9.17) is 11.6 Å². The third-order valence-corrected chi connectivity index (χ3v) is 13.7. The molecule has 0 spiro atoms. The molecule has 306 valence electrons. The van der Waals surface area contributed by atoms with Gasteiger partial charge in [-0.2, -0.15) is 13.2 Å². The molecular weight excluding hydrogens is 843 g/mol. The van der Waals surface area contributed by atoms with Gasteiger partial charge in [0.1, 0.15) is 15.9 Å². The van der Waals surface area contributed by atoms with Crippen LogP contribution in [-0.4, -0.2) is 60.0 Å². The van der Waals surface area contributed by atoms with Crippen molar-refractivity contribution in [3.63, 3.8) is 0 Å². The van der Waals surface area contributed by atoms with Crippen LogP contribution in [0.25, 0.3) is 22.4 Å². The summed E-state index contributed by atoms with van der Waals surface area (Å²) in [5.41, 5.74) is 0.318. The second-order valence-corrected chi connectivity index (χ2v) is 18.1. The first-order valence-electron chi connectivity index (χ1n) is 18.1. The Kier molecular flexibility index (Phi) is 12.1. The number of aromatic carboxylic acids is 1. The Bertz CT molecular complexity index is 2640. The predicted octanol–water partition coefficient (Wildman–Crippen LogP) is 9.89. The number of sulfone groups is 1. The number of carboxylic acids is 1. The van der Waals surface area contributed by atoms with Gasteiger partial charge in [-0.05, 0) is 109 Å². The van der Waals surface area contributed by atoms with Gasteiger partial charge in [-0.3, -0.25) is 0 Å². The second kappa shape index (κ2) is 17.0. The molecule has 0 bridgehead atoms. The molecule has 1 unspecified atom stereocenters. The number of hydrogen-bond donors (Lipinski definition) is 3. The van der Waals surface area contributed by atoms with Crippen molar-refractivity contribution >= 4 is 73.1 Å². The zero-order valence-corrected chi connectivity index (χ0v) is 34.7. The number of halogens is 4. The average Bonchev–Trinajstić information content (AvgIpc) is 3.50. The number of piperazine rings is 1. The van der Waals surface area contributed by atoms with Crippen molar-refractivity contribution in [1.82, 2.24) is 4.57 Å². The third-order valence-electron chi connectivity index (χ3n) is 10.0. The standard InChI is InChI=1S/C42H37ClF3N5O5S3/c1-27-38(41(52)53)39(40(49(27)2)28-11-13-30(43)14-12-28)29-7-6-8-33(25-29)51-23-21-50(22-24-51)32-17-15-31(16-18-32)48-58(54)35-19-20-36(47-57-34-9-4-3-5-10-34)37(26-35)59(55,56)42(44,45)46/h3-20,25-26,47-48H,21-24H2,1-2H3,(H,52,53). The molecule has 6 aromatic rings. The molecule has 5 aromatic carbocycles. The molecule has 59 heavy (non-hydrogen) atoms. The van der Waals surface area contributed by atoms with Gasteiger partial charge in [-0.15, -0.1) is 0 Å². The van der Waals surface area contributed by atoms with Crippen LogP contribution < -0.4 is 19.2 Å². The minimum Gasteiger partial charge on any atom is -0.478 e. The van der Waals surface area contributed by atoms with Gasteiger partial charge in [0.25, 0.3) is 9.84 Å². The van der Waals surface area contributed by atoms with E-state index in [0.29, 0.717) is 53.0 Å². The Morgan fingerprint density at radius 2 is 1.46 bits per heavy atom. The quantitative estimate of drug-likeness (QED) is 0.103. The first-order chi connectivity index (χ1) is 28.1. The van der Waals surface area contributed by atoms with Crippen molar-refractivity contribution in [2.75, 3.05) is 45.4 Å². The van der Waals surface area contributed by atoms with Gasteiger partial charge < -0.3 is 28.9 Å². The molecule has 3 N–H and O–H groups in total. The minimum absolute atomic E-state index is 0.157. The van der Waals surface area contributed by atoms with Crippen LogP contribution in [0.3, 0.4) is 0 Å². The smallest absolute Gasteiger partial charge is 0.478 e. The van der Waals surface area contributed by atoms with Crippen molar-refractivity contribution in [3.05, 3.63) is 138 Å². The Morgan fingerprint density at radius 3 is 2.08 bits per heavy atom. The zero-order chi connectivity index (χ0) is 42.1. The molecule has 0 radical (unpaired) electrons. The second-order valence-electron chi connectivity index (χ2n) is 13.6. The Balaban J connectivity index is 1.03. The first-order valence-corrected chi connectivity index (χ1v) is 22.0. The molecule has 1 aliphatic heterocycles. The molecule has 0 saturated carbocycles. The molecule has 2 heterocycles.